The van der Waals surface area contributed by atoms with E-state index in [-0.39, 0.29) is 5.56 Å². The second kappa shape index (κ2) is 5.87. The van der Waals surface area contributed by atoms with Crippen LogP contribution in [0.15, 0.2) is 29.3 Å². The summed E-state index contributed by atoms with van der Waals surface area (Å²) in [5, 5.41) is 9.24. The van der Waals surface area contributed by atoms with E-state index in [2.05, 4.69) is 0 Å². The fourth-order valence-electron chi connectivity index (χ4n) is 1.17. The maximum absolute atomic E-state index is 13.4. The molecule has 1 atom stereocenters. The van der Waals surface area contributed by atoms with E-state index in [9.17, 15) is 9.50 Å². The van der Waals surface area contributed by atoms with Crippen molar-refractivity contribution in [1.29, 1.82) is 0 Å². The molecule has 0 heterocycles. The van der Waals surface area contributed by atoms with Crippen molar-refractivity contribution in [3.05, 3.63) is 40.7 Å². The summed E-state index contributed by atoms with van der Waals surface area (Å²) in [5.41, 5.74) is 2.53. The number of aliphatic hydroxyl groups excluding tert-OH is 1. The lowest BCUT2D eigenvalue weighted by molar-refractivity contribution is 0.194. The molecule has 88 valence electrons. The summed E-state index contributed by atoms with van der Waals surface area (Å²) in [6, 6.07) is 4.38. The molecule has 0 aliphatic carbocycles. The zero-order valence-electron chi connectivity index (χ0n) is 9.21. The summed E-state index contributed by atoms with van der Waals surface area (Å²) in [7, 11) is 0. The molecule has 16 heavy (non-hydrogen) atoms. The van der Waals surface area contributed by atoms with Crippen molar-refractivity contribution >= 4 is 11.6 Å². The van der Waals surface area contributed by atoms with Crippen molar-refractivity contribution < 1.29 is 14.2 Å². The molecule has 0 aliphatic rings. The second-order valence-electron chi connectivity index (χ2n) is 3.60. The van der Waals surface area contributed by atoms with Crippen molar-refractivity contribution in [1.82, 2.24) is 0 Å². The smallest absolute Gasteiger partial charge is 0.132 e. The van der Waals surface area contributed by atoms with E-state index in [1.165, 1.54) is 24.6 Å². The Labute approximate surface area is 99.3 Å². The molecule has 0 spiro atoms. The normalized spacial score (nSPS) is 13.7. The van der Waals surface area contributed by atoms with Crippen LogP contribution in [0.1, 0.15) is 25.5 Å². The topological polar surface area (TPSA) is 29.5 Å². The minimum atomic E-state index is -0.821. The minimum Gasteiger partial charge on any atom is -0.489 e. The molecule has 0 fully saturated rings. The van der Waals surface area contributed by atoms with Crippen LogP contribution < -0.4 is 4.74 Å². The molecule has 1 aromatic carbocycles. The SMILES string of the molecule is C/C(=C\Cl)COc1ccc([C@@H](C)O)c(F)c1. The zero-order valence-corrected chi connectivity index (χ0v) is 9.96. The first kappa shape index (κ1) is 13.0. The van der Waals surface area contributed by atoms with E-state index < -0.39 is 11.9 Å². The summed E-state index contributed by atoms with van der Waals surface area (Å²) in [6.45, 7) is 3.64. The predicted molar refractivity (Wildman–Crippen MR) is 62.1 cm³/mol. The highest BCUT2D eigenvalue weighted by molar-refractivity contribution is 6.25. The molecular weight excluding hydrogens is 231 g/mol. The maximum Gasteiger partial charge on any atom is 0.132 e. The first-order valence-corrected chi connectivity index (χ1v) is 5.34. The van der Waals surface area contributed by atoms with Gasteiger partial charge in [-0.05, 0) is 31.6 Å². The van der Waals surface area contributed by atoms with Gasteiger partial charge < -0.3 is 9.84 Å². The van der Waals surface area contributed by atoms with E-state index in [0.717, 1.165) is 5.57 Å². The fourth-order valence-corrected chi connectivity index (χ4v) is 1.23. The summed E-state index contributed by atoms with van der Waals surface area (Å²) >= 11 is 5.47. The van der Waals surface area contributed by atoms with E-state index in [1.54, 1.807) is 6.07 Å². The molecule has 0 aliphatic heterocycles. The summed E-state index contributed by atoms with van der Waals surface area (Å²) < 4.78 is 18.7. The number of halogens is 2. The van der Waals surface area contributed by atoms with Gasteiger partial charge in [0.2, 0.25) is 0 Å². The van der Waals surface area contributed by atoms with Gasteiger partial charge in [0.1, 0.15) is 18.2 Å². The molecule has 1 N–H and O–H groups in total. The summed E-state index contributed by atoms with van der Waals surface area (Å²) in [4.78, 5) is 0. The number of benzene rings is 1. The summed E-state index contributed by atoms with van der Waals surface area (Å²) in [6.07, 6.45) is -0.821. The molecule has 2 nitrogen and oxygen atoms in total. The van der Waals surface area contributed by atoms with Gasteiger partial charge in [-0.2, -0.15) is 0 Å². The van der Waals surface area contributed by atoms with Gasteiger partial charge in [0.15, 0.2) is 0 Å². The van der Waals surface area contributed by atoms with Crippen molar-refractivity contribution in [2.24, 2.45) is 0 Å². The Balaban J connectivity index is 2.74. The quantitative estimate of drug-likeness (QED) is 0.880. The Morgan fingerprint density at radius 1 is 1.62 bits per heavy atom. The molecule has 0 amide bonds. The van der Waals surface area contributed by atoms with E-state index in [1.807, 2.05) is 6.92 Å². The Morgan fingerprint density at radius 3 is 2.81 bits per heavy atom. The Hall–Kier alpha value is -1.06. The largest absolute Gasteiger partial charge is 0.489 e. The van der Waals surface area contributed by atoms with Crippen LogP contribution in [-0.4, -0.2) is 11.7 Å². The molecule has 0 aromatic heterocycles. The lowest BCUT2D eigenvalue weighted by Gasteiger charge is -2.09. The van der Waals surface area contributed by atoms with Crippen LogP contribution in [0.25, 0.3) is 0 Å². The van der Waals surface area contributed by atoms with Gasteiger partial charge in [-0.15, -0.1) is 0 Å². The van der Waals surface area contributed by atoms with Gasteiger partial charge in [0.25, 0.3) is 0 Å². The Bertz CT molecular complexity index is 389. The highest BCUT2D eigenvalue weighted by Crippen LogP contribution is 2.21. The monoisotopic (exact) mass is 244 g/mol. The van der Waals surface area contributed by atoms with Gasteiger partial charge in [-0.3, -0.25) is 0 Å². The van der Waals surface area contributed by atoms with E-state index in [0.29, 0.717) is 12.4 Å². The van der Waals surface area contributed by atoms with Crippen LogP contribution in [0, 0.1) is 5.82 Å². The molecule has 0 unspecified atom stereocenters. The second-order valence-corrected chi connectivity index (χ2v) is 3.82. The average molecular weight is 245 g/mol. The number of rotatable bonds is 4. The van der Waals surface area contributed by atoms with Gasteiger partial charge >= 0.3 is 0 Å². The van der Waals surface area contributed by atoms with Crippen molar-refractivity contribution in [3.63, 3.8) is 0 Å². The highest BCUT2D eigenvalue weighted by atomic mass is 35.5. The molecular formula is C12H14ClFO2. The zero-order chi connectivity index (χ0) is 12.1. The maximum atomic E-state index is 13.4. The van der Waals surface area contributed by atoms with Crippen molar-refractivity contribution in [2.75, 3.05) is 6.61 Å². The van der Waals surface area contributed by atoms with E-state index >= 15 is 0 Å². The number of hydrogen-bond donors (Lipinski definition) is 1. The van der Waals surface area contributed by atoms with Crippen LogP contribution >= 0.6 is 11.6 Å². The molecule has 4 heteroatoms. The minimum absolute atomic E-state index is 0.261. The van der Waals surface area contributed by atoms with Crippen molar-refractivity contribution in [2.45, 2.75) is 20.0 Å². The van der Waals surface area contributed by atoms with Gasteiger partial charge in [-0.25, -0.2) is 4.39 Å². The van der Waals surface area contributed by atoms with Gasteiger partial charge in [-0.1, -0.05) is 11.6 Å². The summed E-state index contributed by atoms with van der Waals surface area (Å²) in [5.74, 6) is -0.0558. The molecule has 0 saturated heterocycles. The molecule has 0 bridgehead atoms. The Morgan fingerprint density at radius 2 is 2.31 bits per heavy atom. The van der Waals surface area contributed by atoms with Crippen LogP contribution in [0.5, 0.6) is 5.75 Å². The number of aliphatic hydroxyl groups is 1. The number of hydrogen-bond acceptors (Lipinski definition) is 2. The lowest BCUT2D eigenvalue weighted by Crippen LogP contribution is -2.00. The van der Waals surface area contributed by atoms with Crippen LogP contribution in [0.3, 0.4) is 0 Å². The highest BCUT2D eigenvalue weighted by Gasteiger charge is 2.08. The molecule has 0 radical (unpaired) electrons. The third-order valence-corrected chi connectivity index (χ3v) is 2.45. The first-order chi connectivity index (χ1) is 7.54. The predicted octanol–water partition coefficient (Wildman–Crippen LogP) is 3.40. The third kappa shape index (κ3) is 3.51. The van der Waals surface area contributed by atoms with Crippen molar-refractivity contribution in [3.8, 4) is 5.75 Å². The first-order valence-electron chi connectivity index (χ1n) is 4.90. The van der Waals surface area contributed by atoms with Gasteiger partial charge in [0, 0.05) is 17.2 Å². The van der Waals surface area contributed by atoms with Crippen LogP contribution in [0.2, 0.25) is 0 Å². The Kier molecular flexibility index (Phi) is 4.77. The fraction of sp³-hybridized carbons (Fsp3) is 0.333. The standard InChI is InChI=1S/C12H14ClFO2/c1-8(6-13)7-16-10-3-4-11(9(2)15)12(14)5-10/h3-6,9,15H,7H2,1-2H3/b8-6+/t9-/m1/s1. The van der Waals surface area contributed by atoms with Crippen LogP contribution in [0.4, 0.5) is 4.39 Å². The lowest BCUT2D eigenvalue weighted by atomic mass is 10.1. The van der Waals surface area contributed by atoms with Crippen LogP contribution in [-0.2, 0) is 0 Å². The number of ether oxygens (including phenoxy) is 1. The molecule has 0 saturated carbocycles. The average Bonchev–Trinajstić information content (AvgIpc) is 2.25. The third-order valence-electron chi connectivity index (χ3n) is 2.07. The molecule has 1 rings (SSSR count). The van der Waals surface area contributed by atoms with Gasteiger partial charge in [0.05, 0.1) is 6.10 Å². The van der Waals surface area contributed by atoms with E-state index in [4.69, 9.17) is 16.3 Å². The molecule has 1 aromatic rings.